The molecule has 4 aromatic rings. The van der Waals surface area contributed by atoms with E-state index in [1.54, 1.807) is 54.7 Å². The molecule has 3 heterocycles. The molecule has 0 saturated carbocycles. The molecule has 0 aliphatic carbocycles. The number of rotatable bonds is 6. The Morgan fingerprint density at radius 2 is 1.88 bits per heavy atom. The second kappa shape index (κ2) is 9.03. The predicted octanol–water partition coefficient (Wildman–Crippen LogP) is 2.30. The van der Waals surface area contributed by atoms with Gasteiger partial charge in [-0.1, -0.05) is 17.7 Å². The first kappa shape index (κ1) is 21.3. The molecule has 3 aromatic heterocycles. The van der Waals surface area contributed by atoms with E-state index < -0.39 is 17.2 Å². The van der Waals surface area contributed by atoms with Crippen molar-refractivity contribution in [3.63, 3.8) is 0 Å². The molecule has 0 spiro atoms. The second-order valence-corrected chi connectivity index (χ2v) is 7.28. The molecule has 10 heteroatoms. The third-order valence-corrected chi connectivity index (χ3v) is 5.01. The molecule has 0 saturated heterocycles. The minimum atomic E-state index is -0.644. The lowest BCUT2D eigenvalue weighted by molar-refractivity contribution is -0.116. The fourth-order valence-corrected chi connectivity index (χ4v) is 3.47. The van der Waals surface area contributed by atoms with Gasteiger partial charge in [-0.2, -0.15) is 0 Å². The molecular formula is C22H18ClN5O4. The van der Waals surface area contributed by atoms with Gasteiger partial charge >= 0.3 is 5.69 Å². The van der Waals surface area contributed by atoms with Crippen molar-refractivity contribution in [1.29, 1.82) is 0 Å². The van der Waals surface area contributed by atoms with Crippen molar-refractivity contribution in [3.8, 4) is 5.75 Å². The maximum atomic E-state index is 13.2. The maximum absolute atomic E-state index is 13.2. The van der Waals surface area contributed by atoms with Gasteiger partial charge in [0.15, 0.2) is 5.52 Å². The average molecular weight is 452 g/mol. The number of hydrogen-bond donors (Lipinski definition) is 1. The van der Waals surface area contributed by atoms with E-state index in [1.807, 2.05) is 0 Å². The van der Waals surface area contributed by atoms with Crippen LogP contribution in [0.3, 0.4) is 0 Å². The molecule has 32 heavy (non-hydrogen) atoms. The fourth-order valence-electron chi connectivity index (χ4n) is 3.30. The highest BCUT2D eigenvalue weighted by Gasteiger charge is 2.17. The van der Waals surface area contributed by atoms with Gasteiger partial charge in [0, 0.05) is 17.4 Å². The average Bonchev–Trinajstić information content (AvgIpc) is 2.80. The zero-order valence-electron chi connectivity index (χ0n) is 17.0. The Balaban J connectivity index is 1.75. The van der Waals surface area contributed by atoms with Gasteiger partial charge in [-0.25, -0.2) is 9.78 Å². The van der Waals surface area contributed by atoms with Crippen LogP contribution in [0.4, 0.5) is 5.69 Å². The van der Waals surface area contributed by atoms with Crippen LogP contribution in [-0.4, -0.2) is 32.1 Å². The standard InChI is InChI=1S/C22H18ClN5O4/c1-32-18-8-7-14(23)11-16(18)26-19(29)13-27-17-6-4-10-25-20(17)21(30)28(22(27)31)12-15-5-2-3-9-24-15/h2-11H,12-13H2,1H3,(H,26,29). The topological polar surface area (TPSA) is 108 Å². The number of nitrogens with zero attached hydrogens (tertiary/aromatic N) is 4. The number of amides is 1. The van der Waals surface area contributed by atoms with Crippen molar-refractivity contribution in [2.45, 2.75) is 13.1 Å². The fraction of sp³-hybridized carbons (Fsp3) is 0.136. The Bertz CT molecular complexity index is 1420. The number of benzene rings is 1. The molecule has 0 radical (unpaired) electrons. The summed E-state index contributed by atoms with van der Waals surface area (Å²) in [5, 5.41) is 3.11. The number of aromatic nitrogens is 4. The van der Waals surface area contributed by atoms with Gasteiger partial charge in [0.05, 0.1) is 30.6 Å². The van der Waals surface area contributed by atoms with Gasteiger partial charge in [0.25, 0.3) is 5.56 Å². The summed E-state index contributed by atoms with van der Waals surface area (Å²) in [5.41, 5.74) is 0.0341. The van der Waals surface area contributed by atoms with Gasteiger partial charge in [-0.15, -0.1) is 0 Å². The molecule has 1 amide bonds. The lowest BCUT2D eigenvalue weighted by atomic mass is 10.3. The van der Waals surface area contributed by atoms with E-state index in [0.29, 0.717) is 22.2 Å². The van der Waals surface area contributed by atoms with E-state index in [2.05, 4.69) is 15.3 Å². The predicted molar refractivity (Wildman–Crippen MR) is 120 cm³/mol. The second-order valence-electron chi connectivity index (χ2n) is 6.85. The van der Waals surface area contributed by atoms with Gasteiger partial charge in [0.1, 0.15) is 12.3 Å². The lowest BCUT2D eigenvalue weighted by Crippen LogP contribution is -2.42. The number of anilines is 1. The third-order valence-electron chi connectivity index (χ3n) is 4.77. The number of carbonyl (C=O) groups excluding carboxylic acids is 1. The summed E-state index contributed by atoms with van der Waals surface area (Å²) < 4.78 is 7.47. The van der Waals surface area contributed by atoms with Crippen LogP contribution >= 0.6 is 11.6 Å². The first-order chi connectivity index (χ1) is 15.5. The van der Waals surface area contributed by atoms with E-state index in [-0.39, 0.29) is 24.1 Å². The summed E-state index contributed by atoms with van der Waals surface area (Å²) in [6, 6.07) is 13.2. The highest BCUT2D eigenvalue weighted by atomic mass is 35.5. The monoisotopic (exact) mass is 451 g/mol. The zero-order chi connectivity index (χ0) is 22.7. The first-order valence-corrected chi connectivity index (χ1v) is 9.97. The smallest absolute Gasteiger partial charge is 0.332 e. The Morgan fingerprint density at radius 1 is 1.06 bits per heavy atom. The van der Waals surface area contributed by atoms with Crippen LogP contribution < -0.4 is 21.3 Å². The van der Waals surface area contributed by atoms with Crippen molar-refractivity contribution in [2.75, 3.05) is 12.4 Å². The van der Waals surface area contributed by atoms with Crippen LogP contribution in [0.2, 0.25) is 5.02 Å². The van der Waals surface area contributed by atoms with Gasteiger partial charge in [-0.3, -0.25) is 23.7 Å². The molecule has 0 unspecified atom stereocenters. The normalized spacial score (nSPS) is 10.8. The van der Waals surface area contributed by atoms with Crippen molar-refractivity contribution < 1.29 is 9.53 Å². The molecule has 1 N–H and O–H groups in total. The lowest BCUT2D eigenvalue weighted by Gasteiger charge is -2.14. The molecule has 9 nitrogen and oxygen atoms in total. The van der Waals surface area contributed by atoms with E-state index in [1.165, 1.54) is 17.9 Å². The molecule has 1 aromatic carbocycles. The molecule has 0 atom stereocenters. The number of hydrogen-bond acceptors (Lipinski definition) is 6. The van der Waals surface area contributed by atoms with Crippen molar-refractivity contribution in [3.05, 3.63) is 92.5 Å². The number of halogens is 1. The van der Waals surface area contributed by atoms with E-state index >= 15 is 0 Å². The number of pyridine rings is 2. The Morgan fingerprint density at radius 3 is 2.62 bits per heavy atom. The number of ether oxygens (including phenoxy) is 1. The summed E-state index contributed by atoms with van der Waals surface area (Å²) in [5.74, 6) is -0.0809. The molecule has 0 aliphatic rings. The summed E-state index contributed by atoms with van der Waals surface area (Å²) in [6.07, 6.45) is 3.03. The molecule has 0 aliphatic heterocycles. The minimum absolute atomic E-state index is 0.0469. The highest BCUT2D eigenvalue weighted by Crippen LogP contribution is 2.27. The highest BCUT2D eigenvalue weighted by molar-refractivity contribution is 6.31. The molecule has 0 fully saturated rings. The van der Waals surface area contributed by atoms with Crippen molar-refractivity contribution in [2.24, 2.45) is 0 Å². The summed E-state index contributed by atoms with van der Waals surface area (Å²) >= 11 is 6.02. The molecular weight excluding hydrogens is 434 g/mol. The molecule has 162 valence electrons. The van der Waals surface area contributed by atoms with E-state index in [4.69, 9.17) is 16.3 Å². The Kier molecular flexibility index (Phi) is 6.00. The maximum Gasteiger partial charge on any atom is 0.332 e. The number of fused-ring (bicyclic) bond motifs is 1. The quantitative estimate of drug-likeness (QED) is 0.482. The Hall–Kier alpha value is -3.98. The SMILES string of the molecule is COc1ccc(Cl)cc1NC(=O)Cn1c(=O)n(Cc2ccccn2)c(=O)c2ncccc21. The van der Waals surface area contributed by atoms with Gasteiger partial charge in [-0.05, 0) is 42.5 Å². The van der Waals surface area contributed by atoms with Crippen LogP contribution in [0.5, 0.6) is 5.75 Å². The largest absolute Gasteiger partial charge is 0.495 e. The van der Waals surface area contributed by atoms with Crippen LogP contribution in [0.15, 0.2) is 70.5 Å². The van der Waals surface area contributed by atoms with Gasteiger partial charge in [0.2, 0.25) is 5.91 Å². The summed E-state index contributed by atoms with van der Waals surface area (Å²) in [4.78, 5) is 47.3. The van der Waals surface area contributed by atoms with Crippen molar-refractivity contribution >= 4 is 34.2 Å². The van der Waals surface area contributed by atoms with Crippen molar-refractivity contribution in [1.82, 2.24) is 19.1 Å². The van der Waals surface area contributed by atoms with Crippen LogP contribution in [0.1, 0.15) is 5.69 Å². The van der Waals surface area contributed by atoms with Crippen LogP contribution in [0, 0.1) is 0 Å². The number of methoxy groups -OCH3 is 1. The van der Waals surface area contributed by atoms with E-state index in [0.717, 1.165) is 4.57 Å². The van der Waals surface area contributed by atoms with Crippen LogP contribution in [-0.2, 0) is 17.9 Å². The molecule has 4 rings (SSSR count). The zero-order valence-corrected chi connectivity index (χ0v) is 17.7. The van der Waals surface area contributed by atoms with Crippen LogP contribution in [0.25, 0.3) is 11.0 Å². The number of carbonyl (C=O) groups is 1. The minimum Gasteiger partial charge on any atom is -0.495 e. The Labute approximate surface area is 186 Å². The molecule has 0 bridgehead atoms. The first-order valence-electron chi connectivity index (χ1n) is 9.59. The van der Waals surface area contributed by atoms with Gasteiger partial charge < -0.3 is 10.1 Å². The summed E-state index contributed by atoms with van der Waals surface area (Å²) in [6.45, 7) is -0.395. The summed E-state index contributed by atoms with van der Waals surface area (Å²) in [7, 11) is 1.47. The third kappa shape index (κ3) is 4.23. The number of nitrogens with one attached hydrogen (secondary N) is 1. The van der Waals surface area contributed by atoms with E-state index in [9.17, 15) is 14.4 Å².